The van der Waals surface area contributed by atoms with Gasteiger partial charge in [-0.25, -0.2) is 0 Å². The Morgan fingerprint density at radius 1 is 0.895 bits per heavy atom. The normalized spacial score (nSPS) is 10.4. The highest BCUT2D eigenvalue weighted by Gasteiger charge is 2.05. The highest BCUT2D eigenvalue weighted by molar-refractivity contribution is 6.33. The molecule has 0 saturated heterocycles. The van der Waals surface area contributed by atoms with Crippen LogP contribution in [-0.4, -0.2) is 10.4 Å². The lowest BCUT2D eigenvalue weighted by Crippen LogP contribution is -2.10. The monoisotopic (exact) mass is 280 g/mol. The van der Waals surface area contributed by atoms with Gasteiger partial charge in [-0.15, -0.1) is 5.23 Å². The van der Waals surface area contributed by atoms with Crippen LogP contribution in [0.5, 0.6) is 0 Å². The van der Waals surface area contributed by atoms with Crippen molar-refractivity contribution in [3.05, 3.63) is 57.9 Å². The molecule has 0 spiro atoms. The first kappa shape index (κ1) is 13.6. The van der Waals surface area contributed by atoms with E-state index >= 15 is 0 Å². The minimum atomic E-state index is -0.520. The van der Waals surface area contributed by atoms with Gasteiger partial charge in [0.25, 0.3) is 0 Å². The summed E-state index contributed by atoms with van der Waals surface area (Å²) in [6.07, 6.45) is 0. The zero-order valence-electron chi connectivity index (χ0n) is 9.52. The molecule has 0 aliphatic heterocycles. The summed E-state index contributed by atoms with van der Waals surface area (Å²) in [5.74, 6) is 0. The third kappa shape index (κ3) is 2.95. The number of benzene rings is 2. The molecule has 2 aromatic carbocycles. The van der Waals surface area contributed by atoms with E-state index in [1.54, 1.807) is 18.2 Å². The Balaban J connectivity index is 2.36. The molecule has 0 aliphatic carbocycles. The summed E-state index contributed by atoms with van der Waals surface area (Å²) in [7, 11) is 0. The molecule has 6 nitrogen and oxygen atoms in total. The molecule has 0 amide bonds. The Morgan fingerprint density at radius 3 is 1.95 bits per heavy atom. The van der Waals surface area contributed by atoms with Crippen LogP contribution in [-0.2, 0) is 0 Å². The third-order valence-corrected chi connectivity index (χ3v) is 2.89. The van der Waals surface area contributed by atoms with E-state index in [9.17, 15) is 10.4 Å². The van der Waals surface area contributed by atoms with Crippen molar-refractivity contribution in [2.75, 3.05) is 10.5 Å². The van der Waals surface area contributed by atoms with Gasteiger partial charge in [-0.3, -0.25) is 10.4 Å². The second-order valence-corrected chi connectivity index (χ2v) is 4.16. The van der Waals surface area contributed by atoms with Gasteiger partial charge in [-0.05, 0) is 29.8 Å². The molecule has 0 saturated carbocycles. The van der Waals surface area contributed by atoms with E-state index in [4.69, 9.17) is 22.0 Å². The van der Waals surface area contributed by atoms with Gasteiger partial charge in [0, 0.05) is 11.3 Å². The zero-order valence-corrected chi connectivity index (χ0v) is 10.3. The average Bonchev–Trinajstić information content (AvgIpc) is 2.38. The second kappa shape index (κ2) is 5.43. The van der Waals surface area contributed by atoms with Crippen molar-refractivity contribution in [3.63, 3.8) is 0 Å². The molecule has 0 bridgehead atoms. The van der Waals surface area contributed by atoms with Crippen molar-refractivity contribution in [1.82, 2.24) is 0 Å². The molecule has 100 valence electrons. The van der Waals surface area contributed by atoms with Gasteiger partial charge in [0.15, 0.2) is 0 Å². The molecule has 0 heterocycles. The Kier molecular flexibility index (Phi) is 3.89. The molecule has 19 heavy (non-hydrogen) atoms. The van der Waals surface area contributed by atoms with Crippen LogP contribution in [0.4, 0.5) is 11.4 Å². The largest absolute Gasteiger partial charge is 0.769 e. The predicted molar refractivity (Wildman–Crippen MR) is 72.2 cm³/mol. The molecule has 0 atom stereocenters. The number of anilines is 2. The molecule has 0 radical (unpaired) electrons. The van der Waals surface area contributed by atoms with Crippen LogP contribution in [0.1, 0.15) is 0 Å². The van der Waals surface area contributed by atoms with E-state index in [1.807, 2.05) is 0 Å². The van der Waals surface area contributed by atoms with Crippen LogP contribution in [0.3, 0.4) is 0 Å². The topological polar surface area (TPSA) is 93.1 Å². The number of nitrogens with zero attached hydrogens (tertiary/aromatic N) is 2. The van der Waals surface area contributed by atoms with E-state index in [1.165, 1.54) is 24.3 Å². The number of hydrogen-bond acceptors (Lipinski definition) is 6. The Bertz CT molecular complexity index is 572. The van der Waals surface area contributed by atoms with Crippen molar-refractivity contribution < 1.29 is 10.4 Å². The first-order chi connectivity index (χ1) is 8.99. The summed E-state index contributed by atoms with van der Waals surface area (Å²) in [5, 5.41) is 38.6. The average molecular weight is 281 g/mol. The summed E-state index contributed by atoms with van der Waals surface area (Å²) in [4.78, 5) is 0. The molecular formula is C12H9ClN2O4-2. The fourth-order valence-electron chi connectivity index (χ4n) is 1.63. The summed E-state index contributed by atoms with van der Waals surface area (Å²) in [6.45, 7) is 0. The van der Waals surface area contributed by atoms with Gasteiger partial charge >= 0.3 is 0 Å². The molecule has 0 aliphatic rings. The van der Waals surface area contributed by atoms with Gasteiger partial charge in [-0.2, -0.15) is 0 Å². The summed E-state index contributed by atoms with van der Waals surface area (Å²) in [6, 6.07) is 10.4. The Hall–Kier alpha value is -1.83. The standard InChI is InChI=1S/C12H9ClN2O4/c13-12-7-10(15(18)19)5-6-11(12)8-1-3-9(4-2-8)14(16)17/h1-7,16-17H/q-2. The van der Waals surface area contributed by atoms with Crippen LogP contribution in [0.2, 0.25) is 5.02 Å². The van der Waals surface area contributed by atoms with Crippen molar-refractivity contribution in [3.8, 4) is 11.1 Å². The highest BCUT2D eigenvalue weighted by Crippen LogP contribution is 2.32. The molecular weight excluding hydrogens is 272 g/mol. The first-order valence-electron chi connectivity index (χ1n) is 5.21. The number of hydrogen-bond donors (Lipinski definition) is 2. The molecule has 7 heteroatoms. The van der Waals surface area contributed by atoms with Crippen LogP contribution < -0.4 is 10.5 Å². The maximum Gasteiger partial charge on any atom is 0.0943 e. The van der Waals surface area contributed by atoms with E-state index in [0.29, 0.717) is 11.1 Å². The maximum atomic E-state index is 10.6. The van der Waals surface area contributed by atoms with Gasteiger partial charge in [0.05, 0.1) is 10.7 Å². The maximum absolute atomic E-state index is 10.6. The van der Waals surface area contributed by atoms with Crippen LogP contribution >= 0.6 is 11.6 Å². The summed E-state index contributed by atoms with van der Waals surface area (Å²) >= 11 is 6.00. The van der Waals surface area contributed by atoms with Crippen molar-refractivity contribution in [2.24, 2.45) is 0 Å². The van der Waals surface area contributed by atoms with Crippen molar-refractivity contribution in [2.45, 2.75) is 0 Å². The number of rotatable bonds is 3. The van der Waals surface area contributed by atoms with Crippen molar-refractivity contribution >= 4 is 23.0 Å². The molecule has 2 N–H and O–H groups in total. The number of halogens is 1. The molecule has 0 fully saturated rings. The van der Waals surface area contributed by atoms with Gasteiger partial charge in [0.2, 0.25) is 0 Å². The predicted octanol–water partition coefficient (Wildman–Crippen LogP) is 3.39. The van der Waals surface area contributed by atoms with Gasteiger partial charge in [0.1, 0.15) is 0 Å². The van der Waals surface area contributed by atoms with E-state index in [2.05, 4.69) is 0 Å². The quantitative estimate of drug-likeness (QED) is 0.837. The SMILES string of the molecule is [O-]N([O-])c1ccc(-c2ccc(N(O)O)cc2)c(Cl)c1. The van der Waals surface area contributed by atoms with E-state index < -0.39 is 5.23 Å². The highest BCUT2D eigenvalue weighted by atomic mass is 35.5. The third-order valence-electron chi connectivity index (χ3n) is 2.57. The lowest BCUT2D eigenvalue weighted by molar-refractivity contribution is 0.0292. The molecule has 0 unspecified atom stereocenters. The second-order valence-electron chi connectivity index (χ2n) is 3.76. The van der Waals surface area contributed by atoms with Crippen LogP contribution in [0, 0.1) is 10.4 Å². The zero-order chi connectivity index (χ0) is 14.0. The van der Waals surface area contributed by atoms with Gasteiger partial charge < -0.3 is 15.6 Å². The molecule has 2 aromatic rings. The minimum Gasteiger partial charge on any atom is -0.769 e. The van der Waals surface area contributed by atoms with Crippen LogP contribution in [0.15, 0.2) is 42.5 Å². The van der Waals surface area contributed by atoms with E-state index in [0.717, 1.165) is 0 Å². The van der Waals surface area contributed by atoms with Gasteiger partial charge in [-0.1, -0.05) is 29.8 Å². The Morgan fingerprint density at radius 2 is 1.47 bits per heavy atom. The Labute approximate surface area is 113 Å². The van der Waals surface area contributed by atoms with Crippen molar-refractivity contribution in [1.29, 1.82) is 0 Å². The fourth-order valence-corrected chi connectivity index (χ4v) is 1.91. The molecule has 2 rings (SSSR count). The summed E-state index contributed by atoms with van der Waals surface area (Å²) in [5.41, 5.74) is 1.45. The smallest absolute Gasteiger partial charge is 0.0943 e. The fraction of sp³-hybridized carbons (Fsp3) is 0. The van der Waals surface area contributed by atoms with E-state index in [-0.39, 0.29) is 21.6 Å². The molecule has 0 aromatic heterocycles. The lowest BCUT2D eigenvalue weighted by atomic mass is 10.0. The summed E-state index contributed by atoms with van der Waals surface area (Å²) < 4.78 is 0. The lowest BCUT2D eigenvalue weighted by Gasteiger charge is -2.37. The van der Waals surface area contributed by atoms with Crippen LogP contribution in [0.25, 0.3) is 11.1 Å². The minimum absolute atomic E-state index is 0.00121. The first-order valence-corrected chi connectivity index (χ1v) is 5.59.